The van der Waals surface area contributed by atoms with Crippen molar-refractivity contribution in [3.8, 4) is 28.1 Å². The van der Waals surface area contributed by atoms with Crippen molar-refractivity contribution in [1.82, 2.24) is 4.57 Å². The van der Waals surface area contributed by atoms with Crippen molar-refractivity contribution in [1.29, 1.82) is 0 Å². The molecular formula is C35H26BrNO2. The quantitative estimate of drug-likeness (QED) is 0.190. The van der Waals surface area contributed by atoms with E-state index < -0.39 is 0 Å². The van der Waals surface area contributed by atoms with E-state index in [1.807, 2.05) is 60.7 Å². The molecule has 0 aliphatic carbocycles. The van der Waals surface area contributed by atoms with Gasteiger partial charge in [-0.3, -0.25) is 4.79 Å². The fourth-order valence-electron chi connectivity index (χ4n) is 5.11. The van der Waals surface area contributed by atoms with Crippen LogP contribution in [0, 0.1) is 0 Å². The second kappa shape index (κ2) is 10.8. The number of ketones is 1. The Balaban J connectivity index is 1.59. The average molecular weight is 573 g/mol. The molecule has 0 amide bonds. The summed E-state index contributed by atoms with van der Waals surface area (Å²) in [5.41, 5.74) is 8.67. The van der Waals surface area contributed by atoms with Crippen molar-refractivity contribution >= 4 is 33.4 Å². The van der Waals surface area contributed by atoms with Gasteiger partial charge in [0.15, 0.2) is 5.78 Å². The molecule has 190 valence electrons. The number of nitrogens with zero attached hydrogens (tertiary/aromatic N) is 1. The second-order valence-corrected chi connectivity index (χ2v) is 10.3. The maximum atomic E-state index is 14.1. The van der Waals surface area contributed by atoms with Crippen LogP contribution in [0.3, 0.4) is 0 Å². The van der Waals surface area contributed by atoms with E-state index in [1.54, 1.807) is 7.11 Å². The van der Waals surface area contributed by atoms with Gasteiger partial charge in [0, 0.05) is 33.4 Å². The summed E-state index contributed by atoms with van der Waals surface area (Å²) in [6.45, 7) is 0.626. The molecule has 39 heavy (non-hydrogen) atoms. The molecule has 2 heterocycles. The standard InChI is InChI=1S/C35H26BrNO2/c1-39-29-18-14-25(15-19-29)30-20-21-37-33(26-10-6-3-7-11-26)22-31(24-8-4-2-5-9-24)34(37)23-32(30)35(38)27-12-16-28(36)17-13-27/h2-20,22-23H,21H2,1H3. The zero-order valence-corrected chi connectivity index (χ0v) is 23.1. The van der Waals surface area contributed by atoms with Crippen LogP contribution in [0.15, 0.2) is 131 Å². The number of allylic oxidation sites excluding steroid dienone is 3. The summed E-state index contributed by atoms with van der Waals surface area (Å²) in [7, 11) is 1.66. The molecule has 1 aliphatic heterocycles. The minimum absolute atomic E-state index is 0.0144. The zero-order chi connectivity index (χ0) is 26.8. The van der Waals surface area contributed by atoms with Gasteiger partial charge in [0.1, 0.15) is 5.75 Å². The Hall–Kier alpha value is -4.41. The molecule has 0 fully saturated rings. The lowest BCUT2D eigenvalue weighted by Gasteiger charge is -2.12. The van der Waals surface area contributed by atoms with Gasteiger partial charge in [-0.05, 0) is 70.8 Å². The molecule has 6 rings (SSSR count). The third kappa shape index (κ3) is 4.91. The Morgan fingerprint density at radius 2 is 1.41 bits per heavy atom. The predicted octanol–water partition coefficient (Wildman–Crippen LogP) is 8.96. The highest BCUT2D eigenvalue weighted by Gasteiger charge is 2.25. The Morgan fingerprint density at radius 3 is 2.05 bits per heavy atom. The van der Waals surface area contributed by atoms with E-state index in [2.05, 4.69) is 87.2 Å². The number of halogens is 1. The van der Waals surface area contributed by atoms with Gasteiger partial charge in [-0.2, -0.15) is 0 Å². The number of methoxy groups -OCH3 is 1. The van der Waals surface area contributed by atoms with E-state index >= 15 is 0 Å². The molecule has 4 aromatic carbocycles. The molecule has 3 nitrogen and oxygen atoms in total. The van der Waals surface area contributed by atoms with Gasteiger partial charge in [-0.25, -0.2) is 0 Å². The fourth-order valence-corrected chi connectivity index (χ4v) is 5.37. The number of carbonyl (C=O) groups is 1. The number of fused-ring (bicyclic) bond motifs is 1. The minimum Gasteiger partial charge on any atom is -0.497 e. The monoisotopic (exact) mass is 571 g/mol. The lowest BCUT2D eigenvalue weighted by atomic mass is 9.90. The summed E-state index contributed by atoms with van der Waals surface area (Å²) in [6.07, 6.45) is 4.24. The number of Topliss-reactive ketones (excluding diaryl/α,β-unsaturated/α-hetero) is 1. The molecule has 4 heteroatoms. The van der Waals surface area contributed by atoms with Crippen LogP contribution in [0.5, 0.6) is 5.75 Å². The molecule has 1 aliphatic rings. The van der Waals surface area contributed by atoms with Crippen LogP contribution in [0.2, 0.25) is 0 Å². The summed E-state index contributed by atoms with van der Waals surface area (Å²) < 4.78 is 8.64. The molecule has 0 saturated carbocycles. The number of aromatic nitrogens is 1. The molecule has 1 aromatic heterocycles. The Kier molecular flexibility index (Phi) is 6.87. The van der Waals surface area contributed by atoms with Crippen LogP contribution in [-0.2, 0) is 6.54 Å². The van der Waals surface area contributed by atoms with Gasteiger partial charge < -0.3 is 9.30 Å². The van der Waals surface area contributed by atoms with Crippen molar-refractivity contribution in [2.75, 3.05) is 7.11 Å². The van der Waals surface area contributed by atoms with Crippen molar-refractivity contribution < 1.29 is 9.53 Å². The molecule has 0 unspecified atom stereocenters. The zero-order valence-electron chi connectivity index (χ0n) is 21.5. The average Bonchev–Trinajstić information content (AvgIpc) is 3.24. The maximum Gasteiger partial charge on any atom is 0.193 e. The Morgan fingerprint density at radius 1 is 0.769 bits per heavy atom. The van der Waals surface area contributed by atoms with Gasteiger partial charge in [0.05, 0.1) is 12.8 Å². The van der Waals surface area contributed by atoms with Gasteiger partial charge in [-0.15, -0.1) is 0 Å². The summed E-state index contributed by atoms with van der Waals surface area (Å²) in [5.74, 6) is 0.765. The number of carbonyl (C=O) groups excluding carboxylic acids is 1. The smallest absolute Gasteiger partial charge is 0.193 e. The van der Waals surface area contributed by atoms with Crippen molar-refractivity contribution in [2.45, 2.75) is 6.54 Å². The number of hydrogen-bond acceptors (Lipinski definition) is 2. The molecular weight excluding hydrogens is 546 g/mol. The van der Waals surface area contributed by atoms with Gasteiger partial charge >= 0.3 is 0 Å². The number of hydrogen-bond donors (Lipinski definition) is 0. The highest BCUT2D eigenvalue weighted by atomic mass is 79.9. The first-order valence-corrected chi connectivity index (χ1v) is 13.6. The lowest BCUT2D eigenvalue weighted by Crippen LogP contribution is -2.06. The van der Waals surface area contributed by atoms with Crippen molar-refractivity contribution in [3.05, 3.63) is 148 Å². The molecule has 0 spiro atoms. The topological polar surface area (TPSA) is 31.2 Å². The normalized spacial score (nSPS) is 12.7. The molecule has 0 N–H and O–H groups in total. The van der Waals surface area contributed by atoms with E-state index in [4.69, 9.17) is 4.74 Å². The van der Waals surface area contributed by atoms with Crippen LogP contribution in [0.1, 0.15) is 21.6 Å². The lowest BCUT2D eigenvalue weighted by molar-refractivity contribution is 0.104. The van der Waals surface area contributed by atoms with E-state index in [0.29, 0.717) is 17.7 Å². The summed E-state index contributed by atoms with van der Waals surface area (Å²) in [5, 5.41) is 0. The number of rotatable bonds is 6. The third-order valence-corrected chi connectivity index (χ3v) is 7.62. The van der Waals surface area contributed by atoms with Gasteiger partial charge in [0.2, 0.25) is 0 Å². The Labute approximate surface area is 236 Å². The van der Waals surface area contributed by atoms with E-state index in [-0.39, 0.29) is 5.78 Å². The van der Waals surface area contributed by atoms with Crippen LogP contribution < -0.4 is 4.74 Å². The van der Waals surface area contributed by atoms with Crippen molar-refractivity contribution in [3.63, 3.8) is 0 Å². The Bertz CT molecular complexity index is 1700. The molecule has 0 saturated heterocycles. The van der Waals surface area contributed by atoms with E-state index in [9.17, 15) is 4.79 Å². The highest BCUT2D eigenvalue weighted by Crippen LogP contribution is 2.39. The third-order valence-electron chi connectivity index (χ3n) is 7.09. The highest BCUT2D eigenvalue weighted by molar-refractivity contribution is 9.10. The molecule has 5 aromatic rings. The summed E-state index contributed by atoms with van der Waals surface area (Å²) >= 11 is 3.49. The predicted molar refractivity (Wildman–Crippen MR) is 163 cm³/mol. The van der Waals surface area contributed by atoms with Gasteiger partial charge in [-0.1, -0.05) is 94.8 Å². The molecule has 0 bridgehead atoms. The second-order valence-electron chi connectivity index (χ2n) is 9.41. The van der Waals surface area contributed by atoms with Crippen molar-refractivity contribution in [2.24, 2.45) is 0 Å². The minimum atomic E-state index is -0.0144. The first-order chi connectivity index (χ1) is 19.1. The number of ether oxygens (including phenoxy) is 1. The largest absolute Gasteiger partial charge is 0.497 e. The molecule has 0 radical (unpaired) electrons. The molecule has 0 atom stereocenters. The fraction of sp³-hybridized carbons (Fsp3) is 0.0571. The van der Waals surface area contributed by atoms with Crippen LogP contribution >= 0.6 is 15.9 Å². The number of benzene rings is 4. The summed E-state index contributed by atoms with van der Waals surface area (Å²) in [4.78, 5) is 14.1. The first-order valence-electron chi connectivity index (χ1n) is 12.8. The van der Waals surface area contributed by atoms with Crippen LogP contribution in [-0.4, -0.2) is 17.5 Å². The maximum absolute atomic E-state index is 14.1. The SMILES string of the molecule is COc1ccc(C2=CCn3c(-c4ccccc4)cc(-c4ccccc4)c3C=C2C(=O)c2ccc(Br)cc2)cc1. The first kappa shape index (κ1) is 24.9. The van der Waals surface area contributed by atoms with E-state index in [0.717, 1.165) is 49.4 Å². The van der Waals surface area contributed by atoms with Gasteiger partial charge in [0.25, 0.3) is 0 Å². The van der Waals surface area contributed by atoms with Crippen LogP contribution in [0.4, 0.5) is 0 Å². The summed E-state index contributed by atoms with van der Waals surface area (Å²) in [6, 6.07) is 38.5. The van der Waals surface area contributed by atoms with E-state index in [1.165, 1.54) is 0 Å². The van der Waals surface area contributed by atoms with Crippen LogP contribution in [0.25, 0.3) is 34.0 Å².